The Morgan fingerprint density at radius 3 is 2.91 bits per heavy atom. The van der Waals surface area contributed by atoms with Crippen LogP contribution in [-0.4, -0.2) is 21.9 Å². The highest BCUT2D eigenvalue weighted by molar-refractivity contribution is 7.10. The number of nitrogens with one attached hydrogen (secondary N) is 2. The van der Waals surface area contributed by atoms with E-state index >= 15 is 0 Å². The van der Waals surface area contributed by atoms with Gasteiger partial charge in [-0.3, -0.25) is 10.2 Å². The Balaban J connectivity index is 2.01. The molecule has 0 radical (unpaired) electrons. The first-order chi connectivity index (χ1) is 10.4. The maximum atomic E-state index is 13.3. The van der Waals surface area contributed by atoms with Crippen molar-refractivity contribution < 1.29 is 18.0 Å². The number of aromatic nitrogens is 2. The van der Waals surface area contributed by atoms with E-state index in [9.17, 15) is 18.0 Å². The van der Waals surface area contributed by atoms with Crippen molar-refractivity contribution in [3.63, 3.8) is 0 Å². The van der Waals surface area contributed by atoms with Crippen molar-refractivity contribution in [2.45, 2.75) is 24.7 Å². The lowest BCUT2D eigenvalue weighted by Crippen LogP contribution is -2.35. The van der Waals surface area contributed by atoms with Crippen molar-refractivity contribution in [3.8, 4) is 0 Å². The van der Waals surface area contributed by atoms with Gasteiger partial charge in [-0.2, -0.15) is 18.3 Å². The summed E-state index contributed by atoms with van der Waals surface area (Å²) >= 11 is 1.38. The average molecular weight is 331 g/mol. The molecule has 3 heterocycles. The zero-order chi connectivity index (χ0) is 15.9. The maximum Gasteiger partial charge on any atom is 0.410 e. The quantitative estimate of drug-likeness (QED) is 0.447. The van der Waals surface area contributed by atoms with Crippen LogP contribution in [0.3, 0.4) is 0 Å². The minimum atomic E-state index is -4.46. The number of fused-ring (bicyclic) bond motifs is 1. The predicted octanol–water partition coefficient (Wildman–Crippen LogP) is 2.21. The molecule has 2 aromatic heterocycles. The first-order valence-corrected chi connectivity index (χ1v) is 7.25. The van der Waals surface area contributed by atoms with Gasteiger partial charge in [0.1, 0.15) is 5.82 Å². The number of hydrogen-bond acceptors (Lipinski definition) is 5. The fourth-order valence-corrected chi connectivity index (χ4v) is 3.23. The molecular formula is C12H12F3N5OS. The summed E-state index contributed by atoms with van der Waals surface area (Å²) < 4.78 is 40.8. The molecule has 118 valence electrons. The topological polar surface area (TPSA) is 85.0 Å². The molecule has 0 bridgehead atoms. The summed E-state index contributed by atoms with van der Waals surface area (Å²) in [5.74, 6) is 4.40. The zero-order valence-corrected chi connectivity index (χ0v) is 11.9. The molecule has 0 saturated heterocycles. The minimum absolute atomic E-state index is 0.144. The molecular weight excluding hydrogens is 319 g/mol. The largest absolute Gasteiger partial charge is 0.410 e. The molecule has 1 amide bonds. The monoisotopic (exact) mass is 331 g/mol. The highest BCUT2D eigenvalue weighted by Gasteiger charge is 2.46. The van der Waals surface area contributed by atoms with Gasteiger partial charge in [0.2, 0.25) is 0 Å². The molecule has 2 atom stereocenters. The molecule has 6 nitrogen and oxygen atoms in total. The summed E-state index contributed by atoms with van der Waals surface area (Å²) in [6.45, 7) is 0. The van der Waals surface area contributed by atoms with Gasteiger partial charge in [0.25, 0.3) is 5.91 Å². The highest BCUT2D eigenvalue weighted by Crippen LogP contribution is 2.44. The first kappa shape index (κ1) is 14.9. The fraction of sp³-hybridized carbons (Fsp3) is 0.333. The van der Waals surface area contributed by atoms with E-state index in [2.05, 4.69) is 10.4 Å². The molecule has 0 unspecified atom stereocenters. The average Bonchev–Trinajstić information content (AvgIpc) is 3.12. The lowest BCUT2D eigenvalue weighted by atomic mass is 10.0. The number of hydrogen-bond donors (Lipinski definition) is 3. The van der Waals surface area contributed by atoms with Gasteiger partial charge in [-0.25, -0.2) is 10.5 Å². The van der Waals surface area contributed by atoms with Crippen LogP contribution in [0, 0.1) is 0 Å². The molecule has 3 rings (SSSR count). The van der Waals surface area contributed by atoms with Gasteiger partial charge in [0, 0.05) is 17.4 Å². The van der Waals surface area contributed by atoms with Crippen LogP contribution in [0.5, 0.6) is 0 Å². The van der Waals surface area contributed by atoms with Gasteiger partial charge in [0.05, 0.1) is 6.04 Å². The van der Waals surface area contributed by atoms with Crippen LogP contribution in [0.4, 0.5) is 19.0 Å². The van der Waals surface area contributed by atoms with E-state index in [4.69, 9.17) is 5.84 Å². The molecule has 0 fully saturated rings. The third kappa shape index (κ3) is 2.55. The molecule has 4 N–H and O–H groups in total. The van der Waals surface area contributed by atoms with Crippen LogP contribution < -0.4 is 16.6 Å². The SMILES string of the molecule is NNC(=O)c1cc2n(n1)[C@@H](C(F)(F)F)C[C@H](c1cccs1)N2. The van der Waals surface area contributed by atoms with Gasteiger partial charge >= 0.3 is 6.18 Å². The van der Waals surface area contributed by atoms with E-state index in [0.717, 1.165) is 9.56 Å². The van der Waals surface area contributed by atoms with E-state index in [1.54, 1.807) is 17.5 Å². The lowest BCUT2D eigenvalue weighted by molar-refractivity contribution is -0.173. The Bertz CT molecular complexity index is 681. The normalized spacial score (nSPS) is 21.1. The zero-order valence-electron chi connectivity index (χ0n) is 11.1. The van der Waals surface area contributed by atoms with Gasteiger partial charge < -0.3 is 5.32 Å². The van der Waals surface area contributed by atoms with Gasteiger partial charge in [-0.15, -0.1) is 11.3 Å². The van der Waals surface area contributed by atoms with Crippen molar-refractivity contribution in [1.82, 2.24) is 15.2 Å². The minimum Gasteiger partial charge on any atom is -0.363 e. The molecule has 0 aromatic carbocycles. The Labute approximate surface area is 127 Å². The second-order valence-corrected chi connectivity index (χ2v) is 5.82. The standard InChI is InChI=1S/C12H12F3N5OS/c13-12(14,15)9-4-6(8-2-1-3-22-8)17-10-5-7(11(21)18-16)19-20(9)10/h1-3,5-6,9,17H,4,16H2,(H,18,21)/t6-,9-/m1/s1. The van der Waals surface area contributed by atoms with Crippen LogP contribution >= 0.6 is 11.3 Å². The Kier molecular flexibility index (Phi) is 3.57. The van der Waals surface area contributed by atoms with Crippen molar-refractivity contribution in [1.29, 1.82) is 0 Å². The second-order valence-electron chi connectivity index (χ2n) is 4.84. The summed E-state index contributed by atoms with van der Waals surface area (Å²) in [5, 5.41) is 8.53. The summed E-state index contributed by atoms with van der Waals surface area (Å²) in [4.78, 5) is 12.3. The Morgan fingerprint density at radius 2 is 2.32 bits per heavy atom. The van der Waals surface area contributed by atoms with Crippen molar-refractivity contribution >= 4 is 23.1 Å². The predicted molar refractivity (Wildman–Crippen MR) is 74.3 cm³/mol. The molecule has 1 aliphatic rings. The van der Waals surface area contributed by atoms with E-state index in [0.29, 0.717) is 0 Å². The van der Waals surface area contributed by atoms with Crippen LogP contribution in [0.15, 0.2) is 23.6 Å². The van der Waals surface area contributed by atoms with Crippen LogP contribution in [0.1, 0.15) is 33.9 Å². The smallest absolute Gasteiger partial charge is 0.363 e. The van der Waals surface area contributed by atoms with Gasteiger partial charge in [-0.05, 0) is 11.4 Å². The maximum absolute atomic E-state index is 13.3. The fourth-order valence-electron chi connectivity index (χ4n) is 2.43. The van der Waals surface area contributed by atoms with Crippen molar-refractivity contribution in [3.05, 3.63) is 34.2 Å². The number of alkyl halides is 3. The number of nitrogens with two attached hydrogens (primary N) is 1. The summed E-state index contributed by atoms with van der Waals surface area (Å²) in [7, 11) is 0. The number of nitrogens with zero attached hydrogens (tertiary/aromatic N) is 2. The third-order valence-electron chi connectivity index (χ3n) is 3.44. The van der Waals surface area contributed by atoms with Crippen LogP contribution in [0.25, 0.3) is 0 Å². The number of carbonyl (C=O) groups is 1. The van der Waals surface area contributed by atoms with Crippen molar-refractivity contribution in [2.75, 3.05) is 5.32 Å². The molecule has 0 saturated carbocycles. The van der Waals surface area contributed by atoms with E-state index in [-0.39, 0.29) is 17.9 Å². The number of thiophene rings is 1. The van der Waals surface area contributed by atoms with Crippen LogP contribution in [-0.2, 0) is 0 Å². The van der Waals surface area contributed by atoms with Crippen LogP contribution in [0.2, 0.25) is 0 Å². The number of halogens is 3. The molecule has 0 aliphatic carbocycles. The summed E-state index contributed by atoms with van der Waals surface area (Å²) in [6.07, 6.45) is -4.66. The number of amides is 1. The van der Waals surface area contributed by atoms with Gasteiger partial charge in [-0.1, -0.05) is 6.07 Å². The van der Waals surface area contributed by atoms with E-state index in [1.165, 1.54) is 17.4 Å². The number of nitrogen functional groups attached to an aromatic ring is 1. The highest BCUT2D eigenvalue weighted by atomic mass is 32.1. The number of hydrazine groups is 1. The Hall–Kier alpha value is -2.07. The van der Waals surface area contributed by atoms with Gasteiger partial charge in [0.15, 0.2) is 11.7 Å². The number of rotatable bonds is 2. The summed E-state index contributed by atoms with van der Waals surface area (Å²) in [5.41, 5.74) is 1.70. The second kappa shape index (κ2) is 5.29. The third-order valence-corrected chi connectivity index (χ3v) is 4.43. The molecule has 2 aromatic rings. The van der Waals surface area contributed by atoms with E-state index < -0.39 is 24.2 Å². The first-order valence-electron chi connectivity index (χ1n) is 6.37. The number of anilines is 1. The molecule has 1 aliphatic heterocycles. The molecule has 0 spiro atoms. The summed E-state index contributed by atoms with van der Waals surface area (Å²) in [6, 6.07) is 2.54. The molecule has 22 heavy (non-hydrogen) atoms. The Morgan fingerprint density at radius 1 is 1.55 bits per heavy atom. The van der Waals surface area contributed by atoms with E-state index in [1.807, 2.05) is 5.43 Å². The number of carbonyl (C=O) groups excluding carboxylic acids is 1. The van der Waals surface area contributed by atoms with Crippen molar-refractivity contribution in [2.24, 2.45) is 5.84 Å². The molecule has 10 heteroatoms. The lowest BCUT2D eigenvalue weighted by Gasteiger charge is -2.32.